The molecule has 0 radical (unpaired) electrons. The molecule has 1 aromatic carbocycles. The zero-order chi connectivity index (χ0) is 19.5. The first-order chi connectivity index (χ1) is 13.6. The molecule has 2 atom stereocenters. The number of benzene rings is 1. The van der Waals surface area contributed by atoms with E-state index in [1.165, 1.54) is 24.5 Å². The van der Waals surface area contributed by atoms with Crippen LogP contribution in [-0.4, -0.2) is 56.2 Å². The minimum atomic E-state index is -0.750. The Balaban J connectivity index is 1.42. The number of aliphatic hydroxyl groups excluding tert-OH is 1. The second-order valence-electron chi connectivity index (χ2n) is 6.41. The Labute approximate surface area is 160 Å². The summed E-state index contributed by atoms with van der Waals surface area (Å²) in [6, 6.07) is 7.15. The van der Waals surface area contributed by atoms with Gasteiger partial charge < -0.3 is 15.3 Å². The van der Waals surface area contributed by atoms with E-state index in [1.807, 2.05) is 0 Å². The zero-order valence-electron chi connectivity index (χ0n) is 14.7. The molecular formula is C19H17FN6O2. The van der Waals surface area contributed by atoms with Crippen molar-refractivity contribution in [1.29, 1.82) is 0 Å². The smallest absolute Gasteiger partial charge is 0.254 e. The number of β-amino-alcohol motifs (C(OH)–C–C–N with tert-alkyl or cyclic N) is 1. The number of rotatable bonds is 4. The summed E-state index contributed by atoms with van der Waals surface area (Å²) in [5.41, 5.74) is 0.776. The van der Waals surface area contributed by atoms with Gasteiger partial charge in [0.25, 0.3) is 5.91 Å². The molecule has 4 rings (SSSR count). The van der Waals surface area contributed by atoms with Crippen molar-refractivity contribution in [3.63, 3.8) is 0 Å². The van der Waals surface area contributed by atoms with Crippen molar-refractivity contribution in [2.75, 3.05) is 18.0 Å². The molecule has 2 N–H and O–H groups in total. The van der Waals surface area contributed by atoms with Crippen molar-refractivity contribution < 1.29 is 14.3 Å². The third-order valence-corrected chi connectivity index (χ3v) is 4.44. The summed E-state index contributed by atoms with van der Waals surface area (Å²) in [5, 5.41) is 13.0. The van der Waals surface area contributed by atoms with E-state index in [1.54, 1.807) is 35.5 Å². The van der Waals surface area contributed by atoms with Crippen molar-refractivity contribution in [1.82, 2.24) is 25.3 Å². The van der Waals surface area contributed by atoms with Gasteiger partial charge in [-0.2, -0.15) is 0 Å². The van der Waals surface area contributed by atoms with Crippen LogP contribution in [0.3, 0.4) is 0 Å². The molecule has 3 heterocycles. The summed E-state index contributed by atoms with van der Waals surface area (Å²) in [6.07, 6.45) is 5.25. The summed E-state index contributed by atoms with van der Waals surface area (Å²) < 4.78 is 13.3. The Morgan fingerprint density at radius 2 is 1.86 bits per heavy atom. The maximum absolute atomic E-state index is 13.3. The van der Waals surface area contributed by atoms with Gasteiger partial charge in [-0.3, -0.25) is 4.79 Å². The number of amides is 1. The first kappa shape index (κ1) is 17.9. The fourth-order valence-electron chi connectivity index (χ4n) is 3.02. The van der Waals surface area contributed by atoms with Crippen LogP contribution < -0.4 is 10.2 Å². The third kappa shape index (κ3) is 3.79. The lowest BCUT2D eigenvalue weighted by Gasteiger charge is -2.16. The number of nitrogens with zero attached hydrogens (tertiary/aromatic N) is 5. The molecule has 142 valence electrons. The Kier molecular flexibility index (Phi) is 4.90. The van der Waals surface area contributed by atoms with Gasteiger partial charge in [-0.1, -0.05) is 12.1 Å². The van der Waals surface area contributed by atoms with Gasteiger partial charge in [0, 0.05) is 43.4 Å². The van der Waals surface area contributed by atoms with Crippen molar-refractivity contribution in [3.05, 3.63) is 66.5 Å². The van der Waals surface area contributed by atoms with Gasteiger partial charge in [0.05, 0.1) is 17.7 Å². The molecule has 0 saturated carbocycles. The second kappa shape index (κ2) is 7.65. The van der Waals surface area contributed by atoms with E-state index in [4.69, 9.17) is 0 Å². The van der Waals surface area contributed by atoms with Gasteiger partial charge in [-0.05, 0) is 18.2 Å². The first-order valence-corrected chi connectivity index (χ1v) is 8.69. The Bertz CT molecular complexity index is 970. The predicted octanol–water partition coefficient (Wildman–Crippen LogP) is 1.05. The van der Waals surface area contributed by atoms with Crippen LogP contribution in [0.2, 0.25) is 0 Å². The summed E-state index contributed by atoms with van der Waals surface area (Å²) >= 11 is 0. The van der Waals surface area contributed by atoms with E-state index in [9.17, 15) is 14.3 Å². The highest BCUT2D eigenvalue weighted by atomic mass is 19.1. The van der Waals surface area contributed by atoms with Crippen LogP contribution in [0, 0.1) is 5.82 Å². The molecule has 0 bridgehead atoms. The number of aliphatic hydroxyl groups is 1. The summed E-state index contributed by atoms with van der Waals surface area (Å²) in [6.45, 7) is 0.711. The third-order valence-electron chi connectivity index (χ3n) is 4.44. The van der Waals surface area contributed by atoms with E-state index in [0.717, 1.165) is 0 Å². The van der Waals surface area contributed by atoms with Gasteiger partial charge >= 0.3 is 0 Å². The molecule has 3 aromatic rings. The van der Waals surface area contributed by atoms with Crippen LogP contribution in [0.5, 0.6) is 0 Å². The maximum atomic E-state index is 13.3. The Morgan fingerprint density at radius 1 is 1.11 bits per heavy atom. The molecule has 0 spiro atoms. The SMILES string of the molecule is O=C(N[C@@H]1CN(c2ncccn2)C[C@@H]1O)c1cnc(-c2cccc(F)c2)nc1. The number of hydrogen-bond acceptors (Lipinski definition) is 7. The largest absolute Gasteiger partial charge is 0.389 e. The zero-order valence-corrected chi connectivity index (χ0v) is 14.7. The molecule has 9 heteroatoms. The summed E-state index contributed by atoms with van der Waals surface area (Å²) in [4.78, 5) is 30.9. The monoisotopic (exact) mass is 380 g/mol. The van der Waals surface area contributed by atoms with Crippen molar-refractivity contribution in [3.8, 4) is 11.4 Å². The molecule has 1 amide bonds. The second-order valence-corrected chi connectivity index (χ2v) is 6.41. The number of carbonyl (C=O) groups excluding carboxylic acids is 1. The van der Waals surface area contributed by atoms with Crippen molar-refractivity contribution in [2.24, 2.45) is 0 Å². The molecule has 0 unspecified atom stereocenters. The molecule has 1 aliphatic heterocycles. The highest BCUT2D eigenvalue weighted by molar-refractivity contribution is 5.94. The molecule has 2 aromatic heterocycles. The van der Waals surface area contributed by atoms with Gasteiger partial charge in [-0.25, -0.2) is 24.3 Å². The summed E-state index contributed by atoms with van der Waals surface area (Å²) in [5.74, 6) is 0.0428. The van der Waals surface area contributed by atoms with Crippen LogP contribution in [-0.2, 0) is 0 Å². The normalized spacial score (nSPS) is 18.9. The fraction of sp³-hybridized carbons (Fsp3) is 0.211. The molecule has 1 fully saturated rings. The molecule has 28 heavy (non-hydrogen) atoms. The average Bonchev–Trinajstić information content (AvgIpc) is 3.09. The highest BCUT2D eigenvalue weighted by Crippen LogP contribution is 2.17. The van der Waals surface area contributed by atoms with Gasteiger partial charge in [0.2, 0.25) is 5.95 Å². The lowest BCUT2D eigenvalue weighted by Crippen LogP contribution is -2.43. The van der Waals surface area contributed by atoms with E-state index in [0.29, 0.717) is 30.4 Å². The lowest BCUT2D eigenvalue weighted by atomic mass is 10.2. The van der Waals surface area contributed by atoms with Crippen LogP contribution in [0.4, 0.5) is 10.3 Å². The molecule has 8 nitrogen and oxygen atoms in total. The van der Waals surface area contributed by atoms with Gasteiger partial charge in [0.1, 0.15) is 5.82 Å². The first-order valence-electron chi connectivity index (χ1n) is 8.69. The van der Waals surface area contributed by atoms with Crippen LogP contribution in [0.25, 0.3) is 11.4 Å². The van der Waals surface area contributed by atoms with Crippen molar-refractivity contribution >= 4 is 11.9 Å². The topological polar surface area (TPSA) is 104 Å². The molecular weight excluding hydrogens is 363 g/mol. The quantitative estimate of drug-likeness (QED) is 0.697. The Hall–Kier alpha value is -3.46. The lowest BCUT2D eigenvalue weighted by molar-refractivity contribution is 0.0888. The highest BCUT2D eigenvalue weighted by Gasteiger charge is 2.33. The van der Waals surface area contributed by atoms with Gasteiger partial charge in [-0.15, -0.1) is 0 Å². The van der Waals surface area contributed by atoms with E-state index < -0.39 is 18.1 Å². The van der Waals surface area contributed by atoms with Crippen molar-refractivity contribution in [2.45, 2.75) is 12.1 Å². The average molecular weight is 380 g/mol. The number of aromatic nitrogens is 4. The van der Waals surface area contributed by atoms with E-state index in [2.05, 4.69) is 25.3 Å². The number of carbonyl (C=O) groups is 1. The van der Waals surface area contributed by atoms with Gasteiger partial charge in [0.15, 0.2) is 5.82 Å². The van der Waals surface area contributed by atoms with E-state index >= 15 is 0 Å². The number of hydrogen-bond donors (Lipinski definition) is 2. The fourth-order valence-corrected chi connectivity index (χ4v) is 3.02. The summed E-state index contributed by atoms with van der Waals surface area (Å²) in [7, 11) is 0. The minimum Gasteiger partial charge on any atom is -0.389 e. The van der Waals surface area contributed by atoms with Crippen LogP contribution >= 0.6 is 0 Å². The number of anilines is 1. The maximum Gasteiger partial charge on any atom is 0.254 e. The van der Waals surface area contributed by atoms with Crippen LogP contribution in [0.1, 0.15) is 10.4 Å². The van der Waals surface area contributed by atoms with E-state index in [-0.39, 0.29) is 11.4 Å². The molecule has 1 saturated heterocycles. The minimum absolute atomic E-state index is 0.252. The number of nitrogens with one attached hydrogen (secondary N) is 1. The standard InChI is InChI=1S/C19H17FN6O2/c20-14-4-1-3-12(7-14)17-23-8-13(9-24-17)18(28)25-15-10-26(11-16(15)27)19-21-5-2-6-22-19/h1-9,15-16,27H,10-11H2,(H,25,28)/t15-,16+/m1/s1. The molecule has 0 aliphatic carbocycles. The molecule has 1 aliphatic rings. The predicted molar refractivity (Wildman–Crippen MR) is 98.9 cm³/mol. The number of halogens is 1. The Morgan fingerprint density at radius 3 is 2.57 bits per heavy atom. The van der Waals surface area contributed by atoms with Crippen LogP contribution in [0.15, 0.2) is 55.1 Å².